The number of nitrogens with zero attached hydrogens (tertiary/aromatic N) is 6. The summed E-state index contributed by atoms with van der Waals surface area (Å²) in [6.07, 6.45) is 11.2. The smallest absolute Gasteiger partial charge is 0.236 e. The van der Waals surface area contributed by atoms with Gasteiger partial charge in [0.15, 0.2) is 5.65 Å². The first-order valence-electron chi connectivity index (χ1n) is 12.4. The van der Waals surface area contributed by atoms with Crippen molar-refractivity contribution in [2.24, 2.45) is 0 Å². The number of likely N-dealkylation sites (tertiary alicyclic amines) is 1. The van der Waals surface area contributed by atoms with E-state index in [0.717, 1.165) is 56.1 Å². The predicted molar refractivity (Wildman–Crippen MR) is 133 cm³/mol. The molecule has 3 aromatic rings. The Hall–Kier alpha value is -3.64. The van der Waals surface area contributed by atoms with Crippen LogP contribution in [0.3, 0.4) is 0 Å². The van der Waals surface area contributed by atoms with E-state index in [2.05, 4.69) is 27.6 Å². The second-order valence-corrected chi connectivity index (χ2v) is 9.13. The van der Waals surface area contributed by atoms with Crippen molar-refractivity contribution in [3.05, 3.63) is 48.9 Å². The summed E-state index contributed by atoms with van der Waals surface area (Å²) in [6, 6.07) is 9.92. The fourth-order valence-electron chi connectivity index (χ4n) is 4.80. The van der Waals surface area contributed by atoms with Gasteiger partial charge in [0.05, 0.1) is 18.9 Å². The zero-order valence-corrected chi connectivity index (χ0v) is 19.9. The Morgan fingerprint density at radius 2 is 1.66 bits per heavy atom. The van der Waals surface area contributed by atoms with Crippen LogP contribution in [-0.4, -0.2) is 93.2 Å². The molecule has 1 N–H and O–H groups in total. The molecule has 0 spiro atoms. The van der Waals surface area contributed by atoms with E-state index in [1.165, 1.54) is 6.42 Å². The number of fused-ring (bicyclic) bond motifs is 1. The van der Waals surface area contributed by atoms with Gasteiger partial charge in [-0.05, 0) is 19.3 Å². The van der Waals surface area contributed by atoms with Gasteiger partial charge in [0.1, 0.15) is 11.5 Å². The fraction of sp³-hybridized carbons (Fsp3) is 0.462. The van der Waals surface area contributed by atoms with E-state index in [0.29, 0.717) is 38.2 Å². The minimum Gasteiger partial charge on any atom is -0.368 e. The number of carbonyl (C=O) groups is 2. The molecule has 9 nitrogen and oxygen atoms in total. The molecule has 5 rings (SSSR count). The molecule has 0 radical (unpaired) electrons. The zero-order valence-electron chi connectivity index (χ0n) is 19.9. The van der Waals surface area contributed by atoms with Crippen LogP contribution < -0.4 is 5.32 Å². The average molecular weight is 474 g/mol. The molecule has 2 aliphatic rings. The molecule has 2 amide bonds. The van der Waals surface area contributed by atoms with E-state index in [1.54, 1.807) is 10.6 Å². The highest BCUT2D eigenvalue weighted by molar-refractivity contribution is 5.79. The lowest BCUT2D eigenvalue weighted by atomic mass is 10.1. The van der Waals surface area contributed by atoms with Crippen molar-refractivity contribution in [2.75, 3.05) is 57.7 Å². The molecule has 2 aliphatic heterocycles. The summed E-state index contributed by atoms with van der Waals surface area (Å²) in [7, 11) is 0. The van der Waals surface area contributed by atoms with E-state index in [1.807, 2.05) is 40.1 Å². The first-order chi connectivity index (χ1) is 17.2. The first-order valence-corrected chi connectivity index (χ1v) is 12.4. The Kier molecular flexibility index (Phi) is 7.09. The number of imidazole rings is 1. The number of amides is 2. The van der Waals surface area contributed by atoms with Crippen molar-refractivity contribution in [1.29, 1.82) is 0 Å². The third-order valence-corrected chi connectivity index (χ3v) is 6.78. The molecule has 4 heterocycles. The molecule has 0 saturated carbocycles. The van der Waals surface area contributed by atoms with Gasteiger partial charge in [0.25, 0.3) is 0 Å². The molecule has 35 heavy (non-hydrogen) atoms. The van der Waals surface area contributed by atoms with Crippen LogP contribution in [0.1, 0.15) is 25.7 Å². The van der Waals surface area contributed by atoms with Crippen LogP contribution in [0, 0.1) is 12.4 Å². The van der Waals surface area contributed by atoms with Crippen LogP contribution in [0.4, 0.5) is 5.82 Å². The average Bonchev–Trinajstić information content (AvgIpc) is 3.28. The number of nitrogens with one attached hydrogen (secondary N) is 1. The summed E-state index contributed by atoms with van der Waals surface area (Å²) in [5, 5.41) is 3.39. The Labute approximate surface area is 205 Å². The van der Waals surface area contributed by atoms with Gasteiger partial charge < -0.3 is 15.1 Å². The largest absolute Gasteiger partial charge is 0.368 e. The van der Waals surface area contributed by atoms with Gasteiger partial charge in [0.2, 0.25) is 11.8 Å². The van der Waals surface area contributed by atoms with E-state index in [9.17, 15) is 9.59 Å². The number of carbonyl (C=O) groups excluding carboxylic acids is 2. The maximum atomic E-state index is 12.9. The van der Waals surface area contributed by atoms with Crippen molar-refractivity contribution < 1.29 is 9.59 Å². The number of aromatic nitrogens is 3. The number of benzene rings is 1. The second kappa shape index (κ2) is 10.7. The monoisotopic (exact) mass is 473 g/mol. The number of piperidine rings is 1. The van der Waals surface area contributed by atoms with Crippen molar-refractivity contribution >= 4 is 23.3 Å². The first kappa shape index (κ1) is 23.1. The van der Waals surface area contributed by atoms with Crippen LogP contribution >= 0.6 is 0 Å². The van der Waals surface area contributed by atoms with E-state index in [4.69, 9.17) is 4.98 Å². The number of anilines is 1. The minimum atomic E-state index is 0.117. The highest BCUT2D eigenvalue weighted by Gasteiger charge is 2.25. The van der Waals surface area contributed by atoms with Crippen molar-refractivity contribution in [1.82, 2.24) is 29.1 Å². The standard InChI is InChI=1S/C26H31N7O2/c34-23(32-17-15-30(16-18-32)20-24(35)31-12-5-2-6-13-31)9-10-28-26-25(21-7-3-1-4-8-21)29-22-19-27-11-14-33(22)26/h1,3-4,7-8,19,28H,2,5-6,9-10,12-13,15-18,20H2. The molecule has 0 atom stereocenters. The molecule has 0 unspecified atom stereocenters. The number of rotatable bonds is 7. The minimum absolute atomic E-state index is 0.117. The summed E-state index contributed by atoms with van der Waals surface area (Å²) < 4.78 is 1.79. The molecule has 2 fully saturated rings. The number of hydrogen-bond donors (Lipinski definition) is 1. The lowest BCUT2D eigenvalue weighted by molar-refractivity contribution is -0.135. The van der Waals surface area contributed by atoms with Crippen LogP contribution in [0.15, 0.2) is 36.5 Å². The SMILES string of the molecule is O=C(CCNc1c(-c2ccccc2)nc2cnc#cn12)N1CCN(CC(=O)N2CCCCC2)CC1. The van der Waals surface area contributed by atoms with Gasteiger partial charge in [0, 0.05) is 64.0 Å². The van der Waals surface area contributed by atoms with Gasteiger partial charge in [-0.1, -0.05) is 30.3 Å². The summed E-state index contributed by atoms with van der Waals surface area (Å²) in [5.41, 5.74) is 2.45. The van der Waals surface area contributed by atoms with Gasteiger partial charge in [-0.15, -0.1) is 0 Å². The van der Waals surface area contributed by atoms with Crippen LogP contribution in [0.2, 0.25) is 0 Å². The summed E-state index contributed by atoms with van der Waals surface area (Å²) >= 11 is 0. The Bertz CT molecular complexity index is 1150. The third-order valence-electron chi connectivity index (χ3n) is 6.78. The quantitative estimate of drug-likeness (QED) is 0.565. The van der Waals surface area contributed by atoms with Gasteiger partial charge in [-0.3, -0.25) is 14.5 Å². The molecule has 182 valence electrons. The van der Waals surface area contributed by atoms with Crippen molar-refractivity contribution in [3.63, 3.8) is 0 Å². The van der Waals surface area contributed by atoms with E-state index < -0.39 is 0 Å². The van der Waals surface area contributed by atoms with Gasteiger partial charge >= 0.3 is 0 Å². The summed E-state index contributed by atoms with van der Waals surface area (Å²) in [5.74, 6) is 1.12. The van der Waals surface area contributed by atoms with Crippen molar-refractivity contribution in [3.8, 4) is 11.3 Å². The zero-order chi connectivity index (χ0) is 24.0. The van der Waals surface area contributed by atoms with E-state index >= 15 is 0 Å². The third kappa shape index (κ3) is 5.38. The Balaban J connectivity index is 1.13. The fourth-order valence-corrected chi connectivity index (χ4v) is 4.80. The van der Waals surface area contributed by atoms with Crippen LogP contribution in [0.5, 0.6) is 0 Å². The van der Waals surface area contributed by atoms with Crippen LogP contribution in [-0.2, 0) is 9.59 Å². The molecule has 0 aliphatic carbocycles. The lowest BCUT2D eigenvalue weighted by Gasteiger charge is -2.36. The summed E-state index contributed by atoms with van der Waals surface area (Å²) in [6.45, 7) is 5.50. The highest BCUT2D eigenvalue weighted by atomic mass is 16.2. The molecule has 2 saturated heterocycles. The lowest BCUT2D eigenvalue weighted by Crippen LogP contribution is -2.52. The maximum Gasteiger partial charge on any atom is 0.236 e. The number of hydrogen-bond acceptors (Lipinski definition) is 6. The van der Waals surface area contributed by atoms with Gasteiger partial charge in [-0.2, -0.15) is 0 Å². The Morgan fingerprint density at radius 3 is 2.43 bits per heavy atom. The van der Waals surface area contributed by atoms with Crippen molar-refractivity contribution in [2.45, 2.75) is 25.7 Å². The number of piperazine rings is 1. The van der Waals surface area contributed by atoms with E-state index in [-0.39, 0.29) is 11.8 Å². The molecule has 2 aromatic heterocycles. The maximum absolute atomic E-state index is 12.9. The molecular formula is C26H31N7O2. The molecule has 1 aromatic carbocycles. The highest BCUT2D eigenvalue weighted by Crippen LogP contribution is 2.27. The van der Waals surface area contributed by atoms with Crippen LogP contribution in [0.25, 0.3) is 16.9 Å². The molecular weight excluding hydrogens is 442 g/mol. The normalized spacial score (nSPS) is 16.8. The summed E-state index contributed by atoms with van der Waals surface area (Å²) in [4.78, 5) is 40.2. The topological polar surface area (TPSA) is 86.1 Å². The molecule has 9 heteroatoms. The second-order valence-electron chi connectivity index (χ2n) is 9.13. The Morgan fingerprint density at radius 1 is 0.914 bits per heavy atom. The molecule has 0 bridgehead atoms. The predicted octanol–water partition coefficient (Wildman–Crippen LogP) is 1.96. The van der Waals surface area contributed by atoms with Gasteiger partial charge in [-0.25, -0.2) is 14.4 Å².